The lowest BCUT2D eigenvalue weighted by molar-refractivity contribution is -0.277. The van der Waals surface area contributed by atoms with E-state index in [0.717, 1.165) is 55.1 Å². The zero-order chi connectivity index (χ0) is 25.7. The number of carbonyl (C=O) groups is 1. The van der Waals surface area contributed by atoms with Crippen LogP contribution in [-0.4, -0.2) is 58.7 Å². The molecule has 4 rings (SSSR count). The maximum Gasteiger partial charge on any atom is 0.272 e. The van der Waals surface area contributed by atoms with Gasteiger partial charge in [0.05, 0.1) is 32.0 Å². The largest absolute Gasteiger partial charge is 0.392 e. The van der Waals surface area contributed by atoms with E-state index in [0.29, 0.717) is 0 Å². The second-order valence-electron chi connectivity index (χ2n) is 9.16. The smallest absolute Gasteiger partial charge is 0.272 e. The molecule has 0 aliphatic carbocycles. The van der Waals surface area contributed by atoms with E-state index in [1.807, 2.05) is 48.5 Å². The van der Waals surface area contributed by atoms with Gasteiger partial charge in [0.1, 0.15) is 0 Å². The van der Waals surface area contributed by atoms with Crippen molar-refractivity contribution < 1.29 is 24.1 Å². The van der Waals surface area contributed by atoms with Gasteiger partial charge < -0.3 is 24.6 Å². The predicted molar refractivity (Wildman–Crippen MR) is 139 cm³/mol. The molecule has 2 aromatic rings. The molecule has 4 atom stereocenters. The Balaban J connectivity index is 1.50. The van der Waals surface area contributed by atoms with E-state index in [4.69, 9.17) is 49.0 Å². The summed E-state index contributed by atoms with van der Waals surface area (Å²) in [5, 5.41) is 12.0. The van der Waals surface area contributed by atoms with Crippen molar-refractivity contribution in [2.75, 3.05) is 32.8 Å². The second-order valence-corrected chi connectivity index (χ2v) is 11.4. The Kier molecular flexibility index (Phi) is 9.52. The monoisotopic (exact) mass is 556 g/mol. The van der Waals surface area contributed by atoms with Crippen LogP contribution in [0.15, 0.2) is 48.5 Å². The van der Waals surface area contributed by atoms with Crippen LogP contribution in [0, 0.1) is 5.92 Å². The van der Waals surface area contributed by atoms with E-state index in [2.05, 4.69) is 17.1 Å². The maximum absolute atomic E-state index is 11.8. The van der Waals surface area contributed by atoms with Gasteiger partial charge in [-0.15, -0.1) is 0 Å². The number of hydrogen-bond donors (Lipinski definition) is 2. The molecular weight excluding hydrogens is 527 g/mol. The number of rotatable bonds is 7. The molecule has 0 aromatic heterocycles. The van der Waals surface area contributed by atoms with E-state index in [1.165, 1.54) is 0 Å². The number of carbonyl (C=O) groups excluding carboxylic acids is 1. The SMILES string of the molecule is C[C@H]1[C@@H](CN2CCOCC2)O[C@@H](c2ccc(CNC(=O)C(Cl)(Cl)Cl)cc2)O[C@H]1c1ccc(CO)cc1. The third-order valence-corrected chi connectivity index (χ3v) is 7.14. The molecule has 0 unspecified atom stereocenters. The number of amides is 1. The van der Waals surface area contributed by atoms with Gasteiger partial charge in [-0.3, -0.25) is 9.69 Å². The molecule has 0 radical (unpaired) electrons. The van der Waals surface area contributed by atoms with Gasteiger partial charge in [-0.2, -0.15) is 0 Å². The highest BCUT2D eigenvalue weighted by atomic mass is 35.6. The van der Waals surface area contributed by atoms with Gasteiger partial charge in [0.25, 0.3) is 9.70 Å². The molecule has 10 heteroatoms. The highest BCUT2D eigenvalue weighted by Crippen LogP contribution is 2.42. The van der Waals surface area contributed by atoms with Crippen molar-refractivity contribution >= 4 is 40.7 Å². The van der Waals surface area contributed by atoms with Gasteiger partial charge in [0, 0.05) is 37.7 Å². The normalized spacial score (nSPS) is 25.5. The van der Waals surface area contributed by atoms with Crippen molar-refractivity contribution in [1.82, 2.24) is 10.2 Å². The minimum absolute atomic E-state index is 0.00121. The number of ether oxygens (including phenoxy) is 3. The minimum Gasteiger partial charge on any atom is -0.392 e. The zero-order valence-electron chi connectivity index (χ0n) is 20.0. The van der Waals surface area contributed by atoms with Crippen molar-refractivity contribution in [2.45, 2.75) is 42.4 Å². The molecular formula is C26H31Cl3N2O5. The van der Waals surface area contributed by atoms with E-state index in [9.17, 15) is 9.90 Å². The van der Waals surface area contributed by atoms with Crippen LogP contribution in [0.25, 0.3) is 0 Å². The van der Waals surface area contributed by atoms with Crippen molar-refractivity contribution in [3.05, 3.63) is 70.8 Å². The maximum atomic E-state index is 11.8. The lowest BCUT2D eigenvalue weighted by Gasteiger charge is -2.43. The molecule has 0 spiro atoms. The van der Waals surface area contributed by atoms with Gasteiger partial charge in [0.2, 0.25) is 0 Å². The van der Waals surface area contributed by atoms with Crippen LogP contribution in [0.2, 0.25) is 0 Å². The van der Waals surface area contributed by atoms with Crippen molar-refractivity contribution in [3.63, 3.8) is 0 Å². The van der Waals surface area contributed by atoms with Gasteiger partial charge in [-0.05, 0) is 16.7 Å². The molecule has 196 valence electrons. The number of halogens is 3. The molecule has 0 saturated carbocycles. The minimum atomic E-state index is -2.00. The molecule has 2 fully saturated rings. The number of aliphatic hydroxyl groups is 1. The summed E-state index contributed by atoms with van der Waals surface area (Å²) >= 11 is 16.8. The fourth-order valence-electron chi connectivity index (χ4n) is 4.44. The average Bonchev–Trinajstić information content (AvgIpc) is 2.89. The van der Waals surface area contributed by atoms with E-state index in [1.54, 1.807) is 0 Å². The summed E-state index contributed by atoms with van der Waals surface area (Å²) in [6.07, 6.45) is -0.780. The first-order valence-electron chi connectivity index (χ1n) is 12.0. The van der Waals surface area contributed by atoms with Crippen LogP contribution in [0.3, 0.4) is 0 Å². The third-order valence-electron chi connectivity index (χ3n) is 6.63. The van der Waals surface area contributed by atoms with E-state index in [-0.39, 0.29) is 31.3 Å². The van der Waals surface area contributed by atoms with Gasteiger partial charge in [0.15, 0.2) is 6.29 Å². The Labute approximate surface area is 226 Å². The summed E-state index contributed by atoms with van der Waals surface area (Å²) in [5.74, 6) is -0.564. The Hall–Kier alpha value is -1.42. The zero-order valence-corrected chi connectivity index (χ0v) is 22.3. The third kappa shape index (κ3) is 7.11. The highest BCUT2D eigenvalue weighted by Gasteiger charge is 2.39. The van der Waals surface area contributed by atoms with Crippen LogP contribution in [0.1, 0.15) is 41.6 Å². The van der Waals surface area contributed by atoms with E-state index >= 15 is 0 Å². The number of morpholine rings is 1. The van der Waals surface area contributed by atoms with Crippen LogP contribution < -0.4 is 5.32 Å². The fraction of sp³-hybridized carbons (Fsp3) is 0.500. The highest BCUT2D eigenvalue weighted by molar-refractivity contribution is 6.76. The first-order chi connectivity index (χ1) is 17.2. The number of nitrogens with one attached hydrogen (secondary N) is 1. The molecule has 0 bridgehead atoms. The summed E-state index contributed by atoms with van der Waals surface area (Å²) in [5.41, 5.74) is 3.64. The fourth-order valence-corrected chi connectivity index (χ4v) is 4.64. The van der Waals surface area contributed by atoms with Crippen molar-refractivity contribution in [1.29, 1.82) is 0 Å². The summed E-state index contributed by atoms with van der Waals surface area (Å²) in [6, 6.07) is 15.5. The van der Waals surface area contributed by atoms with Crippen molar-refractivity contribution in [3.8, 4) is 0 Å². The topological polar surface area (TPSA) is 80.3 Å². The molecule has 1 amide bonds. The van der Waals surface area contributed by atoms with Crippen LogP contribution in [0.5, 0.6) is 0 Å². The first-order valence-corrected chi connectivity index (χ1v) is 13.1. The molecule has 2 N–H and O–H groups in total. The first kappa shape index (κ1) is 27.6. The lowest BCUT2D eigenvalue weighted by Crippen LogP contribution is -2.47. The Morgan fingerprint density at radius 1 is 1.00 bits per heavy atom. The van der Waals surface area contributed by atoms with Crippen LogP contribution in [0.4, 0.5) is 0 Å². The van der Waals surface area contributed by atoms with Crippen LogP contribution in [-0.2, 0) is 32.2 Å². The quantitative estimate of drug-likeness (QED) is 0.495. The van der Waals surface area contributed by atoms with Crippen LogP contribution >= 0.6 is 34.8 Å². The second kappa shape index (κ2) is 12.4. The summed E-state index contributed by atoms with van der Waals surface area (Å²) in [7, 11) is 0. The van der Waals surface area contributed by atoms with Gasteiger partial charge in [-0.25, -0.2) is 0 Å². The molecule has 2 aliphatic heterocycles. The predicted octanol–water partition coefficient (Wildman–Crippen LogP) is 4.29. The van der Waals surface area contributed by atoms with Gasteiger partial charge >= 0.3 is 0 Å². The standard InChI is InChI=1S/C26H31Cl3N2O5/c1-17-22(15-31-10-12-34-13-11-31)35-24(36-23(17)20-6-4-19(16-32)5-7-20)21-8-2-18(3-9-21)14-30-25(33)26(27,28)29/h2-9,17,22-24,32H,10-16H2,1H3,(H,30,33)/t17-,22+,23+,24+/m0/s1. The van der Waals surface area contributed by atoms with Crippen molar-refractivity contribution in [2.24, 2.45) is 5.92 Å². The Morgan fingerprint density at radius 3 is 2.22 bits per heavy atom. The summed E-state index contributed by atoms with van der Waals surface area (Å²) in [6.45, 7) is 6.38. The summed E-state index contributed by atoms with van der Waals surface area (Å²) < 4.78 is 16.5. The lowest BCUT2D eigenvalue weighted by atomic mass is 9.90. The molecule has 2 aromatic carbocycles. The summed E-state index contributed by atoms with van der Waals surface area (Å²) in [4.78, 5) is 14.2. The molecule has 7 nitrogen and oxygen atoms in total. The molecule has 2 heterocycles. The molecule has 2 aliphatic rings. The molecule has 36 heavy (non-hydrogen) atoms. The Morgan fingerprint density at radius 2 is 1.61 bits per heavy atom. The molecule has 2 saturated heterocycles. The Bertz CT molecular complexity index is 994. The number of alkyl halides is 3. The number of aliphatic hydroxyl groups excluding tert-OH is 1. The van der Waals surface area contributed by atoms with E-state index < -0.39 is 16.0 Å². The van der Waals surface area contributed by atoms with Gasteiger partial charge in [-0.1, -0.05) is 90.3 Å². The number of hydrogen-bond acceptors (Lipinski definition) is 6. The number of benzene rings is 2. The number of nitrogens with zero attached hydrogens (tertiary/aromatic N) is 1. The average molecular weight is 558 g/mol.